The summed E-state index contributed by atoms with van der Waals surface area (Å²) in [6, 6.07) is 9.93. The summed E-state index contributed by atoms with van der Waals surface area (Å²) in [7, 11) is 0. The fourth-order valence-corrected chi connectivity index (χ4v) is 2.09. The molecule has 3 nitrogen and oxygen atoms in total. The molecule has 0 amide bonds. The van der Waals surface area contributed by atoms with E-state index < -0.39 is 0 Å². The molecule has 3 heteroatoms. The normalized spacial score (nSPS) is 9.89. The number of aromatic nitrogens is 1. The highest BCUT2D eigenvalue weighted by molar-refractivity contribution is 5.67. The second-order valence-corrected chi connectivity index (χ2v) is 4.44. The Bertz CT molecular complexity index is 601. The maximum atomic E-state index is 8.83. The zero-order valence-corrected chi connectivity index (χ0v) is 10.8. The number of nitrogens with one attached hydrogen (secondary N) is 1. The molecular weight excluding hydrogens is 222 g/mol. The highest BCUT2D eigenvalue weighted by atomic mass is 14.9. The third-order valence-electron chi connectivity index (χ3n) is 2.82. The Kier molecular flexibility index (Phi) is 3.29. The predicted octanol–water partition coefficient (Wildman–Crippen LogP) is 3.62. The molecule has 0 saturated heterocycles. The van der Waals surface area contributed by atoms with E-state index in [1.165, 1.54) is 16.7 Å². The van der Waals surface area contributed by atoms with Crippen LogP contribution in [0, 0.1) is 32.1 Å². The molecular formula is C15H15N3. The van der Waals surface area contributed by atoms with E-state index >= 15 is 0 Å². The SMILES string of the molecule is Cc1cc(C)c(Nc2ccnc(C#N)c2)c(C)c1. The Hall–Kier alpha value is -2.34. The van der Waals surface area contributed by atoms with Gasteiger partial charge in [-0.15, -0.1) is 0 Å². The van der Waals surface area contributed by atoms with Gasteiger partial charge in [0.05, 0.1) is 0 Å². The monoisotopic (exact) mass is 237 g/mol. The lowest BCUT2D eigenvalue weighted by Crippen LogP contribution is -1.98. The van der Waals surface area contributed by atoms with Crippen LogP contribution in [-0.2, 0) is 0 Å². The third kappa shape index (κ3) is 2.49. The average Bonchev–Trinajstić information content (AvgIpc) is 2.34. The molecule has 1 N–H and O–H groups in total. The Morgan fingerprint density at radius 2 is 1.78 bits per heavy atom. The van der Waals surface area contributed by atoms with Gasteiger partial charge in [0, 0.05) is 17.6 Å². The molecule has 1 heterocycles. The van der Waals surface area contributed by atoms with Crippen LogP contribution in [0.25, 0.3) is 0 Å². The van der Waals surface area contributed by atoms with Crippen molar-refractivity contribution in [2.75, 3.05) is 5.32 Å². The van der Waals surface area contributed by atoms with Crippen LogP contribution in [0.2, 0.25) is 0 Å². The minimum atomic E-state index is 0.419. The summed E-state index contributed by atoms with van der Waals surface area (Å²) in [5.74, 6) is 0. The molecule has 90 valence electrons. The van der Waals surface area contributed by atoms with Gasteiger partial charge in [-0.3, -0.25) is 0 Å². The van der Waals surface area contributed by atoms with Crippen LogP contribution < -0.4 is 5.32 Å². The van der Waals surface area contributed by atoms with E-state index in [-0.39, 0.29) is 0 Å². The molecule has 0 aliphatic heterocycles. The number of pyridine rings is 1. The molecule has 2 rings (SSSR count). The standard InChI is InChI=1S/C15H15N3/c1-10-6-11(2)15(12(3)7-10)18-13-4-5-17-14(8-13)9-16/h4-8H,1-3H3,(H,17,18). The highest BCUT2D eigenvalue weighted by Gasteiger charge is 2.04. The van der Waals surface area contributed by atoms with Crippen LogP contribution in [0.5, 0.6) is 0 Å². The van der Waals surface area contributed by atoms with Gasteiger partial charge in [-0.05, 0) is 44.0 Å². The summed E-state index contributed by atoms with van der Waals surface area (Å²) in [5, 5.41) is 12.2. The smallest absolute Gasteiger partial charge is 0.142 e. The Labute approximate surface area is 107 Å². The summed E-state index contributed by atoms with van der Waals surface area (Å²) in [6.45, 7) is 6.24. The van der Waals surface area contributed by atoms with Crippen LogP contribution in [0.15, 0.2) is 30.5 Å². The maximum absolute atomic E-state index is 8.83. The van der Waals surface area contributed by atoms with Gasteiger partial charge in [-0.2, -0.15) is 5.26 Å². The van der Waals surface area contributed by atoms with Gasteiger partial charge in [0.15, 0.2) is 0 Å². The number of rotatable bonds is 2. The van der Waals surface area contributed by atoms with Crippen molar-refractivity contribution in [3.63, 3.8) is 0 Å². The van der Waals surface area contributed by atoms with Gasteiger partial charge in [0.25, 0.3) is 0 Å². The van der Waals surface area contributed by atoms with Crippen LogP contribution in [0.1, 0.15) is 22.4 Å². The number of nitriles is 1. The summed E-state index contributed by atoms with van der Waals surface area (Å²) >= 11 is 0. The van der Waals surface area contributed by atoms with Crippen molar-refractivity contribution in [1.29, 1.82) is 5.26 Å². The number of hydrogen-bond donors (Lipinski definition) is 1. The minimum absolute atomic E-state index is 0.419. The van der Waals surface area contributed by atoms with E-state index in [1.54, 1.807) is 12.3 Å². The lowest BCUT2D eigenvalue weighted by molar-refractivity contribution is 1.25. The van der Waals surface area contributed by atoms with Gasteiger partial charge in [0.2, 0.25) is 0 Å². The lowest BCUT2D eigenvalue weighted by Gasteiger charge is -2.13. The molecule has 1 aromatic carbocycles. The maximum Gasteiger partial charge on any atom is 0.142 e. The summed E-state index contributed by atoms with van der Waals surface area (Å²) in [5.41, 5.74) is 6.04. The lowest BCUT2D eigenvalue weighted by atomic mass is 10.0. The van der Waals surface area contributed by atoms with Crippen molar-refractivity contribution < 1.29 is 0 Å². The molecule has 0 atom stereocenters. The Morgan fingerprint density at radius 1 is 1.11 bits per heavy atom. The van der Waals surface area contributed by atoms with E-state index in [4.69, 9.17) is 5.26 Å². The van der Waals surface area contributed by atoms with Crippen LogP contribution in [-0.4, -0.2) is 4.98 Å². The molecule has 0 radical (unpaired) electrons. The highest BCUT2D eigenvalue weighted by Crippen LogP contribution is 2.25. The summed E-state index contributed by atoms with van der Waals surface area (Å²) in [6.07, 6.45) is 1.64. The summed E-state index contributed by atoms with van der Waals surface area (Å²) in [4.78, 5) is 3.96. The topological polar surface area (TPSA) is 48.7 Å². The molecule has 18 heavy (non-hydrogen) atoms. The van der Waals surface area contributed by atoms with Gasteiger partial charge >= 0.3 is 0 Å². The van der Waals surface area contributed by atoms with Crippen molar-refractivity contribution in [1.82, 2.24) is 4.98 Å². The van der Waals surface area contributed by atoms with E-state index in [1.807, 2.05) is 12.1 Å². The second kappa shape index (κ2) is 4.89. The van der Waals surface area contributed by atoms with Crippen molar-refractivity contribution in [3.05, 3.63) is 52.8 Å². The van der Waals surface area contributed by atoms with Crippen molar-refractivity contribution >= 4 is 11.4 Å². The molecule has 0 aliphatic rings. The molecule has 0 saturated carbocycles. The molecule has 0 unspecified atom stereocenters. The quantitative estimate of drug-likeness (QED) is 0.867. The fourth-order valence-electron chi connectivity index (χ4n) is 2.09. The fraction of sp³-hybridized carbons (Fsp3) is 0.200. The molecule has 0 bridgehead atoms. The van der Waals surface area contributed by atoms with Crippen molar-refractivity contribution in [3.8, 4) is 6.07 Å². The molecule has 0 fully saturated rings. The van der Waals surface area contributed by atoms with E-state index in [9.17, 15) is 0 Å². The Morgan fingerprint density at radius 3 is 2.39 bits per heavy atom. The van der Waals surface area contributed by atoms with Crippen LogP contribution in [0.4, 0.5) is 11.4 Å². The van der Waals surface area contributed by atoms with Crippen LogP contribution >= 0.6 is 0 Å². The van der Waals surface area contributed by atoms with E-state index in [0.717, 1.165) is 11.4 Å². The van der Waals surface area contributed by atoms with Gasteiger partial charge in [0.1, 0.15) is 11.8 Å². The third-order valence-corrected chi connectivity index (χ3v) is 2.82. The first-order valence-corrected chi connectivity index (χ1v) is 5.81. The number of anilines is 2. The molecule has 0 aliphatic carbocycles. The van der Waals surface area contributed by atoms with Gasteiger partial charge < -0.3 is 5.32 Å². The minimum Gasteiger partial charge on any atom is -0.355 e. The molecule has 1 aromatic heterocycles. The second-order valence-electron chi connectivity index (χ2n) is 4.44. The molecule has 0 spiro atoms. The number of benzene rings is 1. The largest absolute Gasteiger partial charge is 0.355 e. The average molecular weight is 237 g/mol. The first-order valence-electron chi connectivity index (χ1n) is 5.81. The van der Waals surface area contributed by atoms with Gasteiger partial charge in [-0.1, -0.05) is 17.7 Å². The summed E-state index contributed by atoms with van der Waals surface area (Å²) < 4.78 is 0. The first kappa shape index (κ1) is 12.1. The van der Waals surface area contributed by atoms with Crippen LogP contribution in [0.3, 0.4) is 0 Å². The number of aryl methyl sites for hydroxylation is 3. The zero-order valence-electron chi connectivity index (χ0n) is 10.8. The van der Waals surface area contributed by atoms with Crippen molar-refractivity contribution in [2.24, 2.45) is 0 Å². The number of hydrogen-bond acceptors (Lipinski definition) is 3. The van der Waals surface area contributed by atoms with Crippen molar-refractivity contribution in [2.45, 2.75) is 20.8 Å². The Balaban J connectivity index is 2.37. The van der Waals surface area contributed by atoms with E-state index in [2.05, 4.69) is 43.2 Å². The first-order chi connectivity index (χ1) is 8.60. The van der Waals surface area contributed by atoms with E-state index in [0.29, 0.717) is 5.69 Å². The zero-order chi connectivity index (χ0) is 13.1. The predicted molar refractivity (Wildman–Crippen MR) is 72.9 cm³/mol. The van der Waals surface area contributed by atoms with Gasteiger partial charge in [-0.25, -0.2) is 4.98 Å². The molecule has 2 aromatic rings. The number of nitrogens with zero attached hydrogens (tertiary/aromatic N) is 2.